The molecule has 0 aromatic heterocycles. The minimum atomic E-state index is -0.365. The van der Waals surface area contributed by atoms with Crippen molar-refractivity contribution in [1.82, 2.24) is 10.2 Å². The van der Waals surface area contributed by atoms with Crippen LogP contribution in [-0.2, 0) is 0 Å². The van der Waals surface area contributed by atoms with E-state index in [1.54, 1.807) is 19.1 Å². The zero-order chi connectivity index (χ0) is 17.7. The van der Waals surface area contributed by atoms with Gasteiger partial charge in [-0.2, -0.15) is 0 Å². The first-order valence-electron chi connectivity index (χ1n) is 8.64. The van der Waals surface area contributed by atoms with E-state index in [1.165, 1.54) is 0 Å². The second kappa shape index (κ2) is 7.88. The van der Waals surface area contributed by atoms with E-state index in [4.69, 9.17) is 4.74 Å². The highest BCUT2D eigenvalue weighted by molar-refractivity contribution is 5.74. The largest absolute Gasteiger partial charge is 0.497 e. The number of carbonyl (C=O) groups is 1. The summed E-state index contributed by atoms with van der Waals surface area (Å²) in [6.45, 7) is 4.44. The Hall–Kier alpha value is -1.75. The van der Waals surface area contributed by atoms with Crippen LogP contribution in [0.2, 0.25) is 0 Å². The second-order valence-corrected chi connectivity index (χ2v) is 7.47. The molecule has 0 spiro atoms. The average molecular weight is 334 g/mol. The van der Waals surface area contributed by atoms with Crippen molar-refractivity contribution >= 4 is 6.03 Å². The molecule has 0 bridgehead atoms. The standard InChI is InChI=1S/C19H30N2O3/c1-19(2)11-9-15(10-12-19)20-18(23)21(3)17(13-22)14-5-7-16(24-4)8-6-14/h5-8,15,17,22H,9-13H2,1-4H3,(H,20,23). The molecule has 134 valence electrons. The maximum atomic E-state index is 12.5. The van der Waals surface area contributed by atoms with Gasteiger partial charge in [0.05, 0.1) is 19.8 Å². The summed E-state index contributed by atoms with van der Waals surface area (Å²) in [6.07, 6.45) is 4.28. The molecular weight excluding hydrogens is 304 g/mol. The van der Waals surface area contributed by atoms with Crippen LogP contribution >= 0.6 is 0 Å². The number of hydrogen-bond acceptors (Lipinski definition) is 3. The molecule has 1 unspecified atom stereocenters. The Labute approximate surface area is 145 Å². The summed E-state index contributed by atoms with van der Waals surface area (Å²) in [6, 6.07) is 7.17. The number of aliphatic hydroxyl groups excluding tert-OH is 1. The van der Waals surface area contributed by atoms with Gasteiger partial charge in [-0.3, -0.25) is 0 Å². The fourth-order valence-corrected chi connectivity index (χ4v) is 3.24. The lowest BCUT2D eigenvalue weighted by Crippen LogP contribution is -2.47. The van der Waals surface area contributed by atoms with Gasteiger partial charge in [0.15, 0.2) is 0 Å². The van der Waals surface area contributed by atoms with Crippen LogP contribution in [0.25, 0.3) is 0 Å². The highest BCUT2D eigenvalue weighted by Gasteiger charge is 2.29. The van der Waals surface area contributed by atoms with Crippen LogP contribution in [0.1, 0.15) is 51.1 Å². The molecule has 2 amide bonds. The topological polar surface area (TPSA) is 61.8 Å². The Bertz CT molecular complexity index is 532. The average Bonchev–Trinajstić information content (AvgIpc) is 2.58. The fraction of sp³-hybridized carbons (Fsp3) is 0.632. The number of methoxy groups -OCH3 is 1. The maximum Gasteiger partial charge on any atom is 0.317 e. The van der Waals surface area contributed by atoms with E-state index in [2.05, 4.69) is 19.2 Å². The molecule has 5 nitrogen and oxygen atoms in total. The van der Waals surface area contributed by atoms with Crippen LogP contribution in [0.15, 0.2) is 24.3 Å². The number of rotatable bonds is 5. The summed E-state index contributed by atoms with van der Waals surface area (Å²) in [5.41, 5.74) is 1.27. The van der Waals surface area contributed by atoms with Gasteiger partial charge in [0.1, 0.15) is 5.75 Å². The van der Waals surface area contributed by atoms with E-state index in [0.29, 0.717) is 5.41 Å². The van der Waals surface area contributed by atoms with Crippen molar-refractivity contribution in [2.75, 3.05) is 20.8 Å². The molecule has 1 aliphatic carbocycles. The first-order chi connectivity index (χ1) is 11.4. The van der Waals surface area contributed by atoms with E-state index < -0.39 is 0 Å². The quantitative estimate of drug-likeness (QED) is 0.868. The lowest BCUT2D eigenvalue weighted by atomic mass is 9.75. The van der Waals surface area contributed by atoms with Crippen LogP contribution in [-0.4, -0.2) is 42.8 Å². The monoisotopic (exact) mass is 334 g/mol. The number of nitrogens with zero attached hydrogens (tertiary/aromatic N) is 1. The zero-order valence-corrected chi connectivity index (χ0v) is 15.2. The van der Waals surface area contributed by atoms with Gasteiger partial charge in [0.2, 0.25) is 0 Å². The number of aliphatic hydroxyl groups is 1. The third-order valence-corrected chi connectivity index (χ3v) is 5.13. The van der Waals surface area contributed by atoms with Crippen molar-refractivity contribution < 1.29 is 14.6 Å². The summed E-state index contributed by atoms with van der Waals surface area (Å²) >= 11 is 0. The summed E-state index contributed by atoms with van der Waals surface area (Å²) in [5, 5.41) is 12.9. The van der Waals surface area contributed by atoms with E-state index in [0.717, 1.165) is 37.0 Å². The van der Waals surface area contributed by atoms with E-state index in [9.17, 15) is 9.90 Å². The molecule has 1 aliphatic rings. The van der Waals surface area contributed by atoms with Gasteiger partial charge in [-0.15, -0.1) is 0 Å². The van der Waals surface area contributed by atoms with E-state index in [1.807, 2.05) is 24.3 Å². The SMILES string of the molecule is COc1ccc(C(CO)N(C)C(=O)NC2CCC(C)(C)CC2)cc1. The van der Waals surface area contributed by atoms with Gasteiger partial charge in [0, 0.05) is 13.1 Å². The molecule has 2 rings (SSSR count). The molecule has 1 fully saturated rings. The number of amides is 2. The first-order valence-corrected chi connectivity index (χ1v) is 8.64. The van der Waals surface area contributed by atoms with Crippen molar-refractivity contribution in [3.05, 3.63) is 29.8 Å². The van der Waals surface area contributed by atoms with Crippen LogP contribution in [0.3, 0.4) is 0 Å². The molecule has 1 aromatic carbocycles. The summed E-state index contributed by atoms with van der Waals surface area (Å²) < 4.78 is 5.15. The van der Waals surface area contributed by atoms with Crippen LogP contribution < -0.4 is 10.1 Å². The summed E-state index contributed by atoms with van der Waals surface area (Å²) in [4.78, 5) is 14.1. The van der Waals surface area contributed by atoms with Gasteiger partial charge in [-0.1, -0.05) is 26.0 Å². The van der Waals surface area contributed by atoms with Crippen molar-refractivity contribution in [1.29, 1.82) is 0 Å². The highest BCUT2D eigenvalue weighted by Crippen LogP contribution is 2.35. The van der Waals surface area contributed by atoms with Gasteiger partial charge < -0.3 is 20.1 Å². The normalized spacial score (nSPS) is 18.7. The molecule has 1 saturated carbocycles. The van der Waals surface area contributed by atoms with Crippen molar-refractivity contribution in [2.24, 2.45) is 5.41 Å². The fourth-order valence-electron chi connectivity index (χ4n) is 3.24. The van der Waals surface area contributed by atoms with Crippen molar-refractivity contribution in [2.45, 2.75) is 51.6 Å². The van der Waals surface area contributed by atoms with E-state index in [-0.39, 0.29) is 24.7 Å². The molecule has 1 aromatic rings. The predicted molar refractivity (Wildman–Crippen MR) is 95.2 cm³/mol. The molecule has 0 radical (unpaired) electrons. The third-order valence-electron chi connectivity index (χ3n) is 5.13. The highest BCUT2D eigenvalue weighted by atomic mass is 16.5. The van der Waals surface area contributed by atoms with Crippen LogP contribution in [0.4, 0.5) is 4.79 Å². The predicted octanol–water partition coefficient (Wildman–Crippen LogP) is 3.34. The Morgan fingerprint density at radius 1 is 1.33 bits per heavy atom. The van der Waals surface area contributed by atoms with E-state index >= 15 is 0 Å². The van der Waals surface area contributed by atoms with Crippen molar-refractivity contribution in [3.8, 4) is 5.75 Å². The Balaban J connectivity index is 1.96. The van der Waals surface area contributed by atoms with Gasteiger partial charge in [0.25, 0.3) is 0 Å². The number of carbonyl (C=O) groups excluding carboxylic acids is 1. The van der Waals surface area contributed by atoms with Gasteiger partial charge >= 0.3 is 6.03 Å². The Morgan fingerprint density at radius 2 is 1.92 bits per heavy atom. The second-order valence-electron chi connectivity index (χ2n) is 7.47. The number of nitrogens with one attached hydrogen (secondary N) is 1. The Morgan fingerprint density at radius 3 is 2.42 bits per heavy atom. The lowest BCUT2D eigenvalue weighted by molar-refractivity contribution is 0.140. The summed E-state index contributed by atoms with van der Waals surface area (Å²) in [5.74, 6) is 0.757. The number of ether oxygens (including phenoxy) is 1. The molecular formula is C19H30N2O3. The van der Waals surface area contributed by atoms with Crippen LogP contribution in [0, 0.1) is 5.41 Å². The smallest absolute Gasteiger partial charge is 0.317 e. The maximum absolute atomic E-state index is 12.5. The number of urea groups is 1. The first kappa shape index (κ1) is 18.6. The third kappa shape index (κ3) is 4.63. The number of benzene rings is 1. The molecule has 0 aliphatic heterocycles. The molecule has 0 heterocycles. The lowest BCUT2D eigenvalue weighted by Gasteiger charge is -2.36. The number of hydrogen-bond donors (Lipinski definition) is 2. The minimum absolute atomic E-state index is 0.117. The molecule has 24 heavy (non-hydrogen) atoms. The minimum Gasteiger partial charge on any atom is -0.497 e. The molecule has 5 heteroatoms. The molecule has 2 N–H and O–H groups in total. The molecule has 0 saturated heterocycles. The Kier molecular flexibility index (Phi) is 6.10. The van der Waals surface area contributed by atoms with Crippen LogP contribution in [0.5, 0.6) is 5.75 Å². The van der Waals surface area contributed by atoms with Gasteiger partial charge in [-0.25, -0.2) is 4.79 Å². The molecule has 1 atom stereocenters. The van der Waals surface area contributed by atoms with Gasteiger partial charge in [-0.05, 0) is 48.8 Å². The summed E-state index contributed by atoms with van der Waals surface area (Å²) in [7, 11) is 3.34. The van der Waals surface area contributed by atoms with Crippen molar-refractivity contribution in [3.63, 3.8) is 0 Å². The zero-order valence-electron chi connectivity index (χ0n) is 15.2. The number of likely N-dealkylation sites (N-methyl/N-ethyl adjacent to an activating group) is 1.